The summed E-state index contributed by atoms with van der Waals surface area (Å²) >= 11 is 0. The third-order valence-electron chi connectivity index (χ3n) is 4.17. The van der Waals surface area contributed by atoms with E-state index in [1.165, 1.54) is 16.5 Å². The second kappa shape index (κ2) is 8.04. The lowest BCUT2D eigenvalue weighted by Gasteiger charge is -2.20. The number of H-pyrrole nitrogens is 1. The second-order valence-corrected chi connectivity index (χ2v) is 5.51. The maximum Gasteiger partial charge on any atom is 0.121 e. The number of aromatic amines is 1. The molecule has 0 amide bonds. The van der Waals surface area contributed by atoms with Crippen molar-refractivity contribution in [2.45, 2.75) is 12.3 Å². The Labute approximate surface area is 143 Å². The summed E-state index contributed by atoms with van der Waals surface area (Å²) in [5, 5.41) is 4.54. The lowest BCUT2D eigenvalue weighted by molar-refractivity contribution is 0.414. The van der Waals surface area contributed by atoms with Crippen molar-refractivity contribution in [3.63, 3.8) is 0 Å². The molecule has 0 radical (unpaired) electrons. The fourth-order valence-corrected chi connectivity index (χ4v) is 3.05. The Morgan fingerprint density at radius 3 is 2.61 bits per heavy atom. The Kier molecular flexibility index (Phi) is 6.08. The fourth-order valence-electron chi connectivity index (χ4n) is 3.05. The van der Waals surface area contributed by atoms with Crippen LogP contribution in [-0.2, 0) is 0 Å². The molecule has 1 unspecified atom stereocenters. The number of hydrogen-bond donors (Lipinski definition) is 2. The summed E-state index contributed by atoms with van der Waals surface area (Å²) in [4.78, 5) is 3.30. The van der Waals surface area contributed by atoms with Crippen molar-refractivity contribution >= 4 is 23.3 Å². The number of aromatic nitrogens is 1. The minimum absolute atomic E-state index is 0. The first-order valence-corrected chi connectivity index (χ1v) is 7.68. The SMILES string of the molecule is CNCCC(c1ccccc1)c1cc(OC)cc2[nH]ccc12.Cl. The van der Waals surface area contributed by atoms with Gasteiger partial charge in [-0.3, -0.25) is 0 Å². The Morgan fingerprint density at radius 2 is 1.91 bits per heavy atom. The summed E-state index contributed by atoms with van der Waals surface area (Å²) in [5.41, 5.74) is 3.78. The van der Waals surface area contributed by atoms with E-state index in [0.717, 1.165) is 24.2 Å². The van der Waals surface area contributed by atoms with Crippen LogP contribution in [0.25, 0.3) is 10.9 Å². The van der Waals surface area contributed by atoms with Gasteiger partial charge in [-0.1, -0.05) is 30.3 Å². The van der Waals surface area contributed by atoms with E-state index < -0.39 is 0 Å². The molecule has 0 aliphatic rings. The van der Waals surface area contributed by atoms with Crippen molar-refractivity contribution in [1.29, 1.82) is 0 Å². The first-order chi connectivity index (χ1) is 10.8. The number of nitrogens with one attached hydrogen (secondary N) is 2. The highest BCUT2D eigenvalue weighted by atomic mass is 35.5. The van der Waals surface area contributed by atoms with Crippen molar-refractivity contribution < 1.29 is 4.74 Å². The minimum atomic E-state index is 0. The van der Waals surface area contributed by atoms with Crippen LogP contribution < -0.4 is 10.1 Å². The van der Waals surface area contributed by atoms with Crippen LogP contribution in [-0.4, -0.2) is 25.7 Å². The molecule has 0 bridgehead atoms. The largest absolute Gasteiger partial charge is 0.497 e. The van der Waals surface area contributed by atoms with Crippen molar-refractivity contribution in [2.75, 3.05) is 20.7 Å². The minimum Gasteiger partial charge on any atom is -0.497 e. The first-order valence-electron chi connectivity index (χ1n) is 7.68. The van der Waals surface area contributed by atoms with E-state index >= 15 is 0 Å². The maximum atomic E-state index is 5.49. The molecule has 1 atom stereocenters. The number of benzene rings is 2. The predicted octanol–water partition coefficient (Wildman–Crippen LogP) is 4.34. The lowest BCUT2D eigenvalue weighted by atomic mass is 9.86. The number of rotatable bonds is 6. The molecular formula is C19H23ClN2O. The van der Waals surface area contributed by atoms with Gasteiger partial charge in [-0.05, 0) is 43.3 Å². The topological polar surface area (TPSA) is 37.0 Å². The summed E-state index contributed by atoms with van der Waals surface area (Å²) in [6.45, 7) is 0.975. The smallest absolute Gasteiger partial charge is 0.121 e. The molecule has 3 rings (SSSR count). The van der Waals surface area contributed by atoms with Crippen LogP contribution in [0.2, 0.25) is 0 Å². The van der Waals surface area contributed by atoms with Gasteiger partial charge < -0.3 is 15.0 Å². The van der Waals surface area contributed by atoms with Gasteiger partial charge in [0.1, 0.15) is 5.75 Å². The quantitative estimate of drug-likeness (QED) is 0.705. The molecule has 0 saturated carbocycles. The van der Waals surface area contributed by atoms with E-state index in [1.807, 2.05) is 13.2 Å². The Morgan fingerprint density at radius 1 is 1.13 bits per heavy atom. The molecule has 23 heavy (non-hydrogen) atoms. The summed E-state index contributed by atoms with van der Waals surface area (Å²) in [5.74, 6) is 1.25. The van der Waals surface area contributed by atoms with E-state index in [2.05, 4.69) is 58.8 Å². The second-order valence-electron chi connectivity index (χ2n) is 5.51. The molecular weight excluding hydrogens is 308 g/mol. The highest BCUT2D eigenvalue weighted by Crippen LogP contribution is 2.35. The van der Waals surface area contributed by atoms with Gasteiger partial charge in [0.2, 0.25) is 0 Å². The number of ether oxygens (including phenoxy) is 1. The molecule has 0 fully saturated rings. The molecule has 4 heteroatoms. The molecule has 2 aromatic carbocycles. The van der Waals surface area contributed by atoms with Crippen LogP contribution >= 0.6 is 12.4 Å². The summed E-state index contributed by atoms with van der Waals surface area (Å²) in [7, 11) is 3.72. The van der Waals surface area contributed by atoms with Crippen LogP contribution in [0.4, 0.5) is 0 Å². The van der Waals surface area contributed by atoms with Gasteiger partial charge in [-0.2, -0.15) is 0 Å². The van der Waals surface area contributed by atoms with Crippen molar-refractivity contribution in [3.8, 4) is 5.75 Å². The number of methoxy groups -OCH3 is 1. The zero-order valence-electron chi connectivity index (χ0n) is 13.5. The van der Waals surface area contributed by atoms with Gasteiger partial charge in [-0.25, -0.2) is 0 Å². The van der Waals surface area contributed by atoms with Crippen molar-refractivity contribution in [1.82, 2.24) is 10.3 Å². The molecule has 2 N–H and O–H groups in total. The predicted molar refractivity (Wildman–Crippen MR) is 98.9 cm³/mol. The first kappa shape index (κ1) is 17.4. The molecule has 3 nitrogen and oxygen atoms in total. The lowest BCUT2D eigenvalue weighted by Crippen LogP contribution is -2.13. The zero-order valence-corrected chi connectivity index (χ0v) is 14.3. The van der Waals surface area contributed by atoms with E-state index in [4.69, 9.17) is 4.74 Å². The molecule has 1 heterocycles. The molecule has 3 aromatic rings. The van der Waals surface area contributed by atoms with Crippen LogP contribution in [0.15, 0.2) is 54.7 Å². The fraction of sp³-hybridized carbons (Fsp3) is 0.263. The normalized spacial score (nSPS) is 11.9. The summed E-state index contributed by atoms with van der Waals surface area (Å²) < 4.78 is 5.49. The number of halogens is 1. The van der Waals surface area contributed by atoms with E-state index in [-0.39, 0.29) is 12.4 Å². The average Bonchev–Trinajstić information content (AvgIpc) is 3.04. The van der Waals surface area contributed by atoms with Gasteiger partial charge >= 0.3 is 0 Å². The third-order valence-corrected chi connectivity index (χ3v) is 4.17. The van der Waals surface area contributed by atoms with E-state index in [9.17, 15) is 0 Å². The third kappa shape index (κ3) is 3.69. The zero-order chi connectivity index (χ0) is 15.4. The van der Waals surface area contributed by atoms with Gasteiger partial charge in [0, 0.05) is 29.1 Å². The Hall–Kier alpha value is -1.97. The van der Waals surface area contributed by atoms with Gasteiger partial charge in [0.25, 0.3) is 0 Å². The van der Waals surface area contributed by atoms with E-state index in [1.54, 1.807) is 7.11 Å². The standard InChI is InChI=1S/C19H22N2O.ClH/c1-20-10-8-16(14-6-4-3-5-7-14)18-12-15(22-2)13-19-17(18)9-11-21-19;/h3-7,9,11-13,16,20-21H,8,10H2,1-2H3;1H. The molecule has 1 aromatic heterocycles. The highest BCUT2D eigenvalue weighted by Gasteiger charge is 2.18. The van der Waals surface area contributed by atoms with Crippen LogP contribution in [0.1, 0.15) is 23.5 Å². The van der Waals surface area contributed by atoms with Gasteiger partial charge in [-0.15, -0.1) is 12.4 Å². The number of hydrogen-bond acceptors (Lipinski definition) is 2. The van der Waals surface area contributed by atoms with Crippen molar-refractivity contribution in [3.05, 3.63) is 65.9 Å². The van der Waals surface area contributed by atoms with Crippen LogP contribution in [0.3, 0.4) is 0 Å². The van der Waals surface area contributed by atoms with Gasteiger partial charge in [0.05, 0.1) is 7.11 Å². The summed E-state index contributed by atoms with van der Waals surface area (Å²) in [6.07, 6.45) is 3.04. The van der Waals surface area contributed by atoms with E-state index in [0.29, 0.717) is 5.92 Å². The van der Waals surface area contributed by atoms with Crippen molar-refractivity contribution in [2.24, 2.45) is 0 Å². The summed E-state index contributed by atoms with van der Waals surface area (Å²) in [6, 6.07) is 17.1. The molecule has 0 aliphatic carbocycles. The molecule has 0 saturated heterocycles. The maximum absolute atomic E-state index is 5.49. The monoisotopic (exact) mass is 330 g/mol. The number of fused-ring (bicyclic) bond motifs is 1. The van der Waals surface area contributed by atoms with Crippen LogP contribution in [0.5, 0.6) is 5.75 Å². The molecule has 0 spiro atoms. The highest BCUT2D eigenvalue weighted by molar-refractivity contribution is 5.86. The van der Waals surface area contributed by atoms with Crippen LogP contribution in [0, 0.1) is 0 Å². The Balaban J connectivity index is 0.00000192. The molecule has 122 valence electrons. The van der Waals surface area contributed by atoms with Gasteiger partial charge in [0.15, 0.2) is 0 Å². The Bertz CT molecular complexity index is 739. The molecule has 0 aliphatic heterocycles. The average molecular weight is 331 g/mol.